The number of benzene rings is 2. The molecule has 0 saturated carbocycles. The molecule has 0 radical (unpaired) electrons. The average molecular weight is 381 g/mol. The van der Waals surface area contributed by atoms with Crippen molar-refractivity contribution in [2.75, 3.05) is 40.0 Å². The van der Waals surface area contributed by atoms with Gasteiger partial charge in [0.2, 0.25) is 6.79 Å². The van der Waals surface area contributed by atoms with Crippen molar-refractivity contribution in [3.63, 3.8) is 0 Å². The summed E-state index contributed by atoms with van der Waals surface area (Å²) < 4.78 is 10.6. The second-order valence-corrected chi connectivity index (χ2v) is 7.05. The van der Waals surface area contributed by atoms with Gasteiger partial charge in [0.15, 0.2) is 11.5 Å². The predicted octanol–water partition coefficient (Wildman–Crippen LogP) is 1.73. The highest BCUT2D eigenvalue weighted by Gasteiger charge is 2.21. The van der Waals surface area contributed by atoms with Gasteiger partial charge in [-0.2, -0.15) is 0 Å². The second kappa shape index (κ2) is 7.90. The van der Waals surface area contributed by atoms with Crippen LogP contribution in [0.4, 0.5) is 0 Å². The van der Waals surface area contributed by atoms with Gasteiger partial charge in [-0.1, -0.05) is 12.1 Å². The SMILES string of the molecule is CN1CCN(C(=O)c2cccc(C(=O)NCc3ccc4c(c3)OCO4)c2)CC1. The number of rotatable bonds is 4. The van der Waals surface area contributed by atoms with E-state index in [4.69, 9.17) is 9.47 Å². The minimum Gasteiger partial charge on any atom is -0.454 e. The van der Waals surface area contributed by atoms with Crippen LogP contribution >= 0.6 is 0 Å². The molecule has 0 aliphatic carbocycles. The van der Waals surface area contributed by atoms with Gasteiger partial charge in [-0.05, 0) is 42.9 Å². The average Bonchev–Trinajstić information content (AvgIpc) is 3.20. The molecule has 28 heavy (non-hydrogen) atoms. The molecule has 7 nitrogen and oxygen atoms in total. The van der Waals surface area contributed by atoms with E-state index in [1.807, 2.05) is 30.1 Å². The van der Waals surface area contributed by atoms with Gasteiger partial charge in [-0.15, -0.1) is 0 Å². The summed E-state index contributed by atoms with van der Waals surface area (Å²) in [6.07, 6.45) is 0. The number of nitrogens with zero attached hydrogens (tertiary/aromatic N) is 2. The molecule has 2 aliphatic rings. The summed E-state index contributed by atoms with van der Waals surface area (Å²) in [6, 6.07) is 12.5. The molecule has 7 heteroatoms. The van der Waals surface area contributed by atoms with Crippen molar-refractivity contribution in [2.45, 2.75) is 6.54 Å². The highest BCUT2D eigenvalue weighted by Crippen LogP contribution is 2.32. The van der Waals surface area contributed by atoms with Gasteiger partial charge in [-0.3, -0.25) is 9.59 Å². The van der Waals surface area contributed by atoms with Gasteiger partial charge in [0.1, 0.15) is 0 Å². The van der Waals surface area contributed by atoms with Crippen LogP contribution in [0.15, 0.2) is 42.5 Å². The van der Waals surface area contributed by atoms with Crippen LogP contribution in [0.2, 0.25) is 0 Å². The van der Waals surface area contributed by atoms with Gasteiger partial charge in [0.05, 0.1) is 0 Å². The molecule has 4 rings (SSSR count). The largest absolute Gasteiger partial charge is 0.454 e. The summed E-state index contributed by atoms with van der Waals surface area (Å²) in [4.78, 5) is 29.3. The lowest BCUT2D eigenvalue weighted by atomic mass is 10.1. The molecular weight excluding hydrogens is 358 g/mol. The zero-order valence-electron chi connectivity index (χ0n) is 15.8. The summed E-state index contributed by atoms with van der Waals surface area (Å²) in [6.45, 7) is 3.72. The molecule has 2 aromatic rings. The number of fused-ring (bicyclic) bond motifs is 1. The molecule has 146 valence electrons. The first kappa shape index (κ1) is 18.3. The topological polar surface area (TPSA) is 71.1 Å². The molecule has 2 heterocycles. The summed E-state index contributed by atoms with van der Waals surface area (Å²) in [7, 11) is 2.05. The Bertz CT molecular complexity index is 891. The Labute approximate surface area is 163 Å². The smallest absolute Gasteiger partial charge is 0.253 e. The lowest BCUT2D eigenvalue weighted by molar-refractivity contribution is 0.0664. The van der Waals surface area contributed by atoms with Crippen molar-refractivity contribution in [3.8, 4) is 11.5 Å². The molecule has 0 spiro atoms. The first-order valence-corrected chi connectivity index (χ1v) is 9.35. The van der Waals surface area contributed by atoms with E-state index in [1.54, 1.807) is 24.3 Å². The van der Waals surface area contributed by atoms with Crippen molar-refractivity contribution in [3.05, 3.63) is 59.2 Å². The first-order chi connectivity index (χ1) is 13.6. The highest BCUT2D eigenvalue weighted by atomic mass is 16.7. The number of amides is 2. The van der Waals surface area contributed by atoms with E-state index in [0.29, 0.717) is 42.3 Å². The van der Waals surface area contributed by atoms with Crippen LogP contribution in [0.3, 0.4) is 0 Å². The fraction of sp³-hybridized carbons (Fsp3) is 0.333. The molecule has 0 bridgehead atoms. The molecule has 2 aromatic carbocycles. The van der Waals surface area contributed by atoms with Crippen molar-refractivity contribution in [2.24, 2.45) is 0 Å². The normalized spacial score (nSPS) is 16.1. The number of hydrogen-bond donors (Lipinski definition) is 1. The van der Waals surface area contributed by atoms with E-state index in [1.165, 1.54) is 0 Å². The van der Waals surface area contributed by atoms with Crippen LogP contribution in [0.25, 0.3) is 0 Å². The van der Waals surface area contributed by atoms with Gasteiger partial charge < -0.3 is 24.6 Å². The predicted molar refractivity (Wildman–Crippen MR) is 104 cm³/mol. The molecule has 1 fully saturated rings. The van der Waals surface area contributed by atoms with Gasteiger partial charge in [-0.25, -0.2) is 0 Å². The lowest BCUT2D eigenvalue weighted by Crippen LogP contribution is -2.47. The number of hydrogen-bond acceptors (Lipinski definition) is 5. The molecule has 1 N–H and O–H groups in total. The Morgan fingerprint density at radius 1 is 0.964 bits per heavy atom. The number of carbonyl (C=O) groups is 2. The fourth-order valence-corrected chi connectivity index (χ4v) is 3.32. The molecule has 0 unspecified atom stereocenters. The maximum absolute atomic E-state index is 12.7. The maximum atomic E-state index is 12.7. The maximum Gasteiger partial charge on any atom is 0.253 e. The van der Waals surface area contributed by atoms with Crippen LogP contribution in [-0.4, -0.2) is 61.6 Å². The quantitative estimate of drug-likeness (QED) is 0.874. The summed E-state index contributed by atoms with van der Waals surface area (Å²) in [5, 5.41) is 2.89. The molecular formula is C21H23N3O4. The third-order valence-electron chi connectivity index (χ3n) is 5.05. The number of piperazine rings is 1. The zero-order valence-corrected chi connectivity index (χ0v) is 15.8. The minimum atomic E-state index is -0.217. The monoisotopic (exact) mass is 381 g/mol. The zero-order chi connectivity index (χ0) is 19.5. The van der Waals surface area contributed by atoms with Crippen molar-refractivity contribution in [1.29, 1.82) is 0 Å². The van der Waals surface area contributed by atoms with Crippen molar-refractivity contribution < 1.29 is 19.1 Å². The third kappa shape index (κ3) is 3.94. The molecule has 1 saturated heterocycles. The summed E-state index contributed by atoms with van der Waals surface area (Å²) in [5.74, 6) is 1.15. The molecule has 2 amide bonds. The summed E-state index contributed by atoms with van der Waals surface area (Å²) in [5.41, 5.74) is 1.93. The lowest BCUT2D eigenvalue weighted by Gasteiger charge is -2.32. The minimum absolute atomic E-state index is 0.0291. The van der Waals surface area contributed by atoms with Crippen molar-refractivity contribution in [1.82, 2.24) is 15.1 Å². The van der Waals surface area contributed by atoms with Gasteiger partial charge in [0, 0.05) is 43.9 Å². The fourth-order valence-electron chi connectivity index (χ4n) is 3.32. The number of carbonyl (C=O) groups excluding carboxylic acids is 2. The number of ether oxygens (including phenoxy) is 2. The van der Waals surface area contributed by atoms with E-state index in [2.05, 4.69) is 10.2 Å². The summed E-state index contributed by atoms with van der Waals surface area (Å²) >= 11 is 0. The van der Waals surface area contributed by atoms with Crippen LogP contribution in [0.1, 0.15) is 26.3 Å². The first-order valence-electron chi connectivity index (χ1n) is 9.35. The van der Waals surface area contributed by atoms with E-state index in [-0.39, 0.29) is 18.6 Å². The highest BCUT2D eigenvalue weighted by molar-refractivity contribution is 5.99. The van der Waals surface area contributed by atoms with Crippen LogP contribution in [0, 0.1) is 0 Å². The Morgan fingerprint density at radius 2 is 1.71 bits per heavy atom. The Balaban J connectivity index is 1.39. The van der Waals surface area contributed by atoms with E-state index in [9.17, 15) is 9.59 Å². The molecule has 0 atom stereocenters. The van der Waals surface area contributed by atoms with Crippen molar-refractivity contribution >= 4 is 11.8 Å². The Morgan fingerprint density at radius 3 is 2.54 bits per heavy atom. The van der Waals surface area contributed by atoms with Gasteiger partial charge >= 0.3 is 0 Å². The van der Waals surface area contributed by atoms with E-state index >= 15 is 0 Å². The third-order valence-corrected chi connectivity index (χ3v) is 5.05. The number of likely N-dealkylation sites (N-methyl/N-ethyl adjacent to an activating group) is 1. The van der Waals surface area contributed by atoms with Crippen LogP contribution < -0.4 is 14.8 Å². The van der Waals surface area contributed by atoms with E-state index < -0.39 is 0 Å². The molecule has 2 aliphatic heterocycles. The second-order valence-electron chi connectivity index (χ2n) is 7.05. The Hall–Kier alpha value is -3.06. The van der Waals surface area contributed by atoms with Gasteiger partial charge in [0.25, 0.3) is 11.8 Å². The van der Waals surface area contributed by atoms with Crippen LogP contribution in [-0.2, 0) is 6.54 Å². The number of nitrogens with one attached hydrogen (secondary N) is 1. The standard InChI is InChI=1S/C21H23N3O4/c1-23-7-9-24(10-8-23)21(26)17-4-2-3-16(12-17)20(25)22-13-15-5-6-18-19(11-15)28-14-27-18/h2-6,11-12H,7-10,13-14H2,1H3,(H,22,25). The molecule has 0 aromatic heterocycles. The van der Waals surface area contributed by atoms with E-state index in [0.717, 1.165) is 18.7 Å². The Kier molecular flexibility index (Phi) is 5.16. The van der Waals surface area contributed by atoms with Crippen LogP contribution in [0.5, 0.6) is 11.5 Å².